The van der Waals surface area contributed by atoms with Crippen LogP contribution in [0.5, 0.6) is 0 Å². The van der Waals surface area contributed by atoms with Crippen LogP contribution in [0.4, 0.5) is 0 Å². The Morgan fingerprint density at radius 2 is 1.60 bits per heavy atom. The molecule has 3 heteroatoms. The van der Waals surface area contributed by atoms with Crippen molar-refractivity contribution in [1.29, 1.82) is 0 Å². The van der Waals surface area contributed by atoms with E-state index in [-0.39, 0.29) is 0 Å². The number of hydrogen-bond donors (Lipinski definition) is 0. The van der Waals surface area contributed by atoms with E-state index in [9.17, 15) is 0 Å². The van der Waals surface area contributed by atoms with Crippen LogP contribution in [0.2, 0.25) is 0 Å². The van der Waals surface area contributed by atoms with Crippen molar-refractivity contribution in [2.24, 2.45) is 0 Å². The summed E-state index contributed by atoms with van der Waals surface area (Å²) in [6.07, 6.45) is 2.64. The van der Waals surface area contributed by atoms with Crippen LogP contribution < -0.4 is 5.32 Å². The number of rotatable bonds is 0. The van der Waals surface area contributed by atoms with Gasteiger partial charge in [0.05, 0.1) is 4.08 Å². The summed E-state index contributed by atoms with van der Waals surface area (Å²) in [5.41, 5.74) is 0. The number of piperidine rings is 1. The third-order valence-electron chi connectivity index (χ3n) is 2.12. The average Bonchev–Trinajstić information content (AvgIpc) is 2.39. The van der Waals surface area contributed by atoms with Gasteiger partial charge in [-0.1, -0.05) is 0 Å². The van der Waals surface area contributed by atoms with Gasteiger partial charge in [0.1, 0.15) is 0 Å². The lowest BCUT2D eigenvalue weighted by Gasteiger charge is -2.30. The number of hydrogen-bond acceptors (Lipinski definition) is 2. The second-order valence-corrected chi connectivity index (χ2v) is 5.99. The summed E-state index contributed by atoms with van der Waals surface area (Å²) in [6, 6.07) is 0. The predicted octanol–water partition coefficient (Wildman–Crippen LogP) is 1.56. The van der Waals surface area contributed by atoms with Crippen molar-refractivity contribution in [3.8, 4) is 0 Å². The molecular formula is C7H12NS2. The maximum atomic E-state index is 4.37. The van der Waals surface area contributed by atoms with Gasteiger partial charge in [-0.15, -0.1) is 23.5 Å². The highest BCUT2D eigenvalue weighted by molar-refractivity contribution is 8.21. The van der Waals surface area contributed by atoms with E-state index in [0.717, 1.165) is 13.1 Å². The molecule has 0 bridgehead atoms. The van der Waals surface area contributed by atoms with Crippen LogP contribution in [0.15, 0.2) is 0 Å². The van der Waals surface area contributed by atoms with Crippen LogP contribution in [-0.4, -0.2) is 28.7 Å². The van der Waals surface area contributed by atoms with Crippen molar-refractivity contribution >= 4 is 23.5 Å². The number of thioether (sulfide) groups is 2. The summed E-state index contributed by atoms with van der Waals surface area (Å²) >= 11 is 4.34. The highest BCUT2D eigenvalue weighted by Gasteiger charge is 2.36. The first-order valence-electron chi connectivity index (χ1n) is 3.83. The van der Waals surface area contributed by atoms with Crippen LogP contribution in [0.1, 0.15) is 12.8 Å². The first-order chi connectivity index (χ1) is 4.91. The molecule has 2 heterocycles. The normalized spacial score (nSPS) is 31.2. The molecule has 2 saturated heterocycles. The van der Waals surface area contributed by atoms with E-state index in [2.05, 4.69) is 28.8 Å². The quantitative estimate of drug-likeness (QED) is 0.553. The molecule has 0 amide bonds. The Bertz CT molecular complexity index is 113. The Morgan fingerprint density at radius 3 is 2.20 bits per heavy atom. The topological polar surface area (TPSA) is 14.1 Å². The van der Waals surface area contributed by atoms with Gasteiger partial charge < -0.3 is 0 Å². The maximum absolute atomic E-state index is 4.37. The fourth-order valence-corrected chi connectivity index (χ4v) is 4.71. The van der Waals surface area contributed by atoms with E-state index in [0.29, 0.717) is 4.08 Å². The molecule has 57 valence electrons. The minimum Gasteiger partial charge on any atom is -0.242 e. The molecule has 1 nitrogen and oxygen atoms in total. The molecule has 2 aliphatic heterocycles. The monoisotopic (exact) mass is 174 g/mol. The Labute approximate surface area is 70.7 Å². The van der Waals surface area contributed by atoms with Gasteiger partial charge in [0.2, 0.25) is 0 Å². The second kappa shape index (κ2) is 2.95. The zero-order valence-electron chi connectivity index (χ0n) is 6.01. The molecule has 0 N–H and O–H groups in total. The minimum absolute atomic E-state index is 0.613. The van der Waals surface area contributed by atoms with Crippen molar-refractivity contribution in [2.75, 3.05) is 24.6 Å². The van der Waals surface area contributed by atoms with E-state index in [4.69, 9.17) is 0 Å². The van der Waals surface area contributed by atoms with E-state index in [1.165, 1.54) is 24.3 Å². The third kappa shape index (κ3) is 1.31. The van der Waals surface area contributed by atoms with Gasteiger partial charge in [-0.25, -0.2) is 5.32 Å². The molecule has 0 saturated carbocycles. The Hall–Kier alpha value is 0.660. The molecule has 1 radical (unpaired) electrons. The summed E-state index contributed by atoms with van der Waals surface area (Å²) < 4.78 is 0.613. The molecule has 2 fully saturated rings. The smallest absolute Gasteiger partial charge is 0.0637 e. The summed E-state index contributed by atoms with van der Waals surface area (Å²) in [7, 11) is 0. The second-order valence-electron chi connectivity index (χ2n) is 2.78. The van der Waals surface area contributed by atoms with Gasteiger partial charge in [-0.3, -0.25) is 0 Å². The standard InChI is InChI=1S/C7H12NS2/c1-3-8-4-2-7(1)9-5-6-10-7/h1-6H2. The lowest BCUT2D eigenvalue weighted by molar-refractivity contribution is 0.501. The Morgan fingerprint density at radius 1 is 1.00 bits per heavy atom. The Kier molecular flexibility index (Phi) is 2.16. The summed E-state index contributed by atoms with van der Waals surface area (Å²) in [6.45, 7) is 2.22. The summed E-state index contributed by atoms with van der Waals surface area (Å²) in [5.74, 6) is 2.73. The first-order valence-corrected chi connectivity index (χ1v) is 5.80. The summed E-state index contributed by atoms with van der Waals surface area (Å²) in [4.78, 5) is 0. The minimum atomic E-state index is 0.613. The lowest BCUT2D eigenvalue weighted by atomic mass is 10.1. The van der Waals surface area contributed by atoms with Gasteiger partial charge in [0, 0.05) is 24.6 Å². The molecule has 0 aromatic rings. The van der Waals surface area contributed by atoms with Crippen LogP contribution in [0, 0.1) is 0 Å². The summed E-state index contributed by atoms with van der Waals surface area (Å²) in [5, 5.41) is 4.37. The third-order valence-corrected chi connectivity index (χ3v) is 5.77. The van der Waals surface area contributed by atoms with E-state index in [1.807, 2.05) is 0 Å². The predicted molar refractivity (Wildman–Crippen MR) is 48.7 cm³/mol. The Balaban J connectivity index is 1.98. The molecule has 2 aliphatic rings. The van der Waals surface area contributed by atoms with Gasteiger partial charge in [-0.05, 0) is 12.8 Å². The number of nitrogens with zero attached hydrogens (tertiary/aromatic N) is 1. The van der Waals surface area contributed by atoms with Gasteiger partial charge in [0.15, 0.2) is 0 Å². The molecule has 10 heavy (non-hydrogen) atoms. The molecule has 1 spiro atoms. The van der Waals surface area contributed by atoms with Crippen LogP contribution in [-0.2, 0) is 0 Å². The lowest BCUT2D eigenvalue weighted by Crippen LogP contribution is -2.31. The van der Waals surface area contributed by atoms with Gasteiger partial charge in [-0.2, -0.15) is 0 Å². The molecular weight excluding hydrogens is 162 g/mol. The van der Waals surface area contributed by atoms with Gasteiger partial charge >= 0.3 is 0 Å². The largest absolute Gasteiger partial charge is 0.242 e. The molecule has 2 rings (SSSR count). The van der Waals surface area contributed by atoms with E-state index < -0.39 is 0 Å². The fourth-order valence-electron chi connectivity index (χ4n) is 1.52. The molecule has 0 atom stereocenters. The molecule has 0 aliphatic carbocycles. The van der Waals surface area contributed by atoms with Gasteiger partial charge in [0.25, 0.3) is 0 Å². The van der Waals surface area contributed by atoms with Crippen molar-refractivity contribution in [3.05, 3.63) is 0 Å². The van der Waals surface area contributed by atoms with Crippen LogP contribution in [0.3, 0.4) is 0 Å². The molecule has 0 aromatic carbocycles. The van der Waals surface area contributed by atoms with Crippen LogP contribution in [0.25, 0.3) is 0 Å². The maximum Gasteiger partial charge on any atom is 0.0637 e. The van der Waals surface area contributed by atoms with E-state index in [1.54, 1.807) is 0 Å². The zero-order chi connectivity index (χ0) is 6.86. The SMILES string of the molecule is C1CC2(CC[N]1)SCCS2. The molecule has 0 unspecified atom stereocenters. The highest BCUT2D eigenvalue weighted by Crippen LogP contribution is 2.49. The van der Waals surface area contributed by atoms with E-state index >= 15 is 0 Å². The highest BCUT2D eigenvalue weighted by atomic mass is 32.2. The van der Waals surface area contributed by atoms with Crippen LogP contribution >= 0.6 is 23.5 Å². The van der Waals surface area contributed by atoms with Crippen molar-refractivity contribution in [3.63, 3.8) is 0 Å². The fraction of sp³-hybridized carbons (Fsp3) is 1.00. The van der Waals surface area contributed by atoms with Crippen molar-refractivity contribution < 1.29 is 0 Å². The zero-order valence-corrected chi connectivity index (χ0v) is 7.64. The first kappa shape index (κ1) is 7.32. The average molecular weight is 174 g/mol. The van der Waals surface area contributed by atoms with Crippen molar-refractivity contribution in [2.45, 2.75) is 16.9 Å². The van der Waals surface area contributed by atoms with Crippen molar-refractivity contribution in [1.82, 2.24) is 5.32 Å². The molecule has 0 aromatic heterocycles.